The summed E-state index contributed by atoms with van der Waals surface area (Å²) in [6.07, 6.45) is 0.141. The lowest BCUT2D eigenvalue weighted by Gasteiger charge is -2.14. The molecule has 2 rings (SSSR count). The van der Waals surface area contributed by atoms with E-state index in [0.29, 0.717) is 16.1 Å². The van der Waals surface area contributed by atoms with Crippen molar-refractivity contribution in [2.24, 2.45) is 0 Å². The van der Waals surface area contributed by atoms with Gasteiger partial charge in [-0.3, -0.25) is 4.79 Å². The molecule has 104 valence electrons. The lowest BCUT2D eigenvalue weighted by atomic mass is 9.92. The smallest absolute Gasteiger partial charge is 0.311 e. The quantitative estimate of drug-likeness (QED) is 0.864. The summed E-state index contributed by atoms with van der Waals surface area (Å²) in [7, 11) is 0. The molecule has 0 aromatic heterocycles. The Morgan fingerprint density at radius 1 is 1.30 bits per heavy atom. The van der Waals surface area contributed by atoms with Gasteiger partial charge in [0.15, 0.2) is 0 Å². The minimum Gasteiger partial charge on any atom is -0.481 e. The van der Waals surface area contributed by atoms with Crippen LogP contribution in [0.15, 0.2) is 46.9 Å². The Morgan fingerprint density at radius 2 is 2.05 bits per heavy atom. The molecule has 0 aliphatic heterocycles. The van der Waals surface area contributed by atoms with Crippen LogP contribution in [0, 0.1) is 5.82 Å². The maximum absolute atomic E-state index is 13.3. The molecule has 0 spiro atoms. The standard InChI is InChI=1S/C15H11BrClFO2/c16-11-3-1-2-9(6-11)13(15(19)20)8-10-7-12(18)4-5-14(10)17/h1-7,13H,8H2,(H,19,20). The molecule has 0 saturated carbocycles. The average Bonchev–Trinajstić information content (AvgIpc) is 2.39. The molecule has 0 amide bonds. The van der Waals surface area contributed by atoms with Crippen LogP contribution in [0.1, 0.15) is 17.0 Å². The zero-order chi connectivity index (χ0) is 14.7. The number of carboxylic acid groups (broad SMARTS) is 1. The molecule has 0 saturated heterocycles. The third kappa shape index (κ3) is 3.58. The molecule has 5 heteroatoms. The number of benzene rings is 2. The second-order valence-electron chi connectivity index (χ2n) is 4.39. The van der Waals surface area contributed by atoms with Gasteiger partial charge in [-0.05, 0) is 47.9 Å². The third-order valence-electron chi connectivity index (χ3n) is 2.98. The Bertz CT molecular complexity index is 646. The molecule has 0 fully saturated rings. The topological polar surface area (TPSA) is 37.3 Å². The summed E-state index contributed by atoms with van der Waals surface area (Å²) in [4.78, 5) is 11.5. The fraction of sp³-hybridized carbons (Fsp3) is 0.133. The zero-order valence-corrected chi connectivity index (χ0v) is 12.7. The second kappa shape index (κ2) is 6.37. The van der Waals surface area contributed by atoms with Crippen molar-refractivity contribution in [3.63, 3.8) is 0 Å². The molecule has 0 radical (unpaired) electrons. The predicted octanol–water partition coefficient (Wildman–Crippen LogP) is 4.65. The summed E-state index contributed by atoms with van der Waals surface area (Å²) in [5.74, 6) is -2.17. The molecule has 0 heterocycles. The van der Waals surface area contributed by atoms with E-state index < -0.39 is 17.7 Å². The van der Waals surface area contributed by atoms with Crippen LogP contribution in [-0.4, -0.2) is 11.1 Å². The number of rotatable bonds is 4. The van der Waals surface area contributed by atoms with Gasteiger partial charge in [0.1, 0.15) is 5.82 Å². The van der Waals surface area contributed by atoms with E-state index in [2.05, 4.69) is 15.9 Å². The van der Waals surface area contributed by atoms with E-state index in [1.54, 1.807) is 18.2 Å². The maximum atomic E-state index is 13.3. The fourth-order valence-corrected chi connectivity index (χ4v) is 2.60. The predicted molar refractivity (Wildman–Crippen MR) is 79.6 cm³/mol. The van der Waals surface area contributed by atoms with Crippen LogP contribution in [0.4, 0.5) is 4.39 Å². The Balaban J connectivity index is 2.35. The van der Waals surface area contributed by atoms with Gasteiger partial charge in [-0.15, -0.1) is 0 Å². The summed E-state index contributed by atoms with van der Waals surface area (Å²) in [5, 5.41) is 9.76. The lowest BCUT2D eigenvalue weighted by molar-refractivity contribution is -0.138. The summed E-state index contributed by atoms with van der Waals surface area (Å²) >= 11 is 9.31. The van der Waals surface area contributed by atoms with Crippen LogP contribution in [0.2, 0.25) is 5.02 Å². The van der Waals surface area contributed by atoms with Gasteiger partial charge in [0, 0.05) is 9.50 Å². The summed E-state index contributed by atoms with van der Waals surface area (Å²) in [6, 6.07) is 11.0. The van der Waals surface area contributed by atoms with Gasteiger partial charge in [0.05, 0.1) is 5.92 Å². The minimum atomic E-state index is -0.969. The molecule has 2 aromatic rings. The van der Waals surface area contributed by atoms with Crippen LogP contribution in [0.3, 0.4) is 0 Å². The normalized spacial score (nSPS) is 12.2. The lowest BCUT2D eigenvalue weighted by Crippen LogP contribution is -2.14. The van der Waals surface area contributed by atoms with Crippen LogP contribution >= 0.6 is 27.5 Å². The number of halogens is 3. The SMILES string of the molecule is O=C(O)C(Cc1cc(F)ccc1Cl)c1cccc(Br)c1. The number of hydrogen-bond acceptors (Lipinski definition) is 1. The Kier molecular flexibility index (Phi) is 4.78. The Morgan fingerprint density at radius 3 is 2.70 bits per heavy atom. The highest BCUT2D eigenvalue weighted by atomic mass is 79.9. The number of hydrogen-bond donors (Lipinski definition) is 1. The first-order valence-electron chi connectivity index (χ1n) is 5.89. The third-order valence-corrected chi connectivity index (χ3v) is 3.84. The minimum absolute atomic E-state index is 0.141. The molecular weight excluding hydrogens is 347 g/mol. The van der Waals surface area contributed by atoms with Crippen LogP contribution in [0.5, 0.6) is 0 Å². The summed E-state index contributed by atoms with van der Waals surface area (Å²) < 4.78 is 14.0. The second-order valence-corrected chi connectivity index (χ2v) is 5.71. The molecule has 20 heavy (non-hydrogen) atoms. The van der Waals surface area contributed by atoms with Crippen molar-refractivity contribution in [1.82, 2.24) is 0 Å². The number of aliphatic carboxylic acids is 1. The first-order chi connectivity index (χ1) is 9.47. The van der Waals surface area contributed by atoms with Crippen molar-refractivity contribution >= 4 is 33.5 Å². The van der Waals surface area contributed by atoms with Crippen LogP contribution < -0.4 is 0 Å². The van der Waals surface area contributed by atoms with E-state index in [0.717, 1.165) is 4.47 Å². The van der Waals surface area contributed by atoms with E-state index in [-0.39, 0.29) is 6.42 Å². The maximum Gasteiger partial charge on any atom is 0.311 e. The van der Waals surface area contributed by atoms with E-state index >= 15 is 0 Å². The summed E-state index contributed by atoms with van der Waals surface area (Å²) in [5.41, 5.74) is 1.13. The van der Waals surface area contributed by atoms with Crippen molar-refractivity contribution < 1.29 is 14.3 Å². The fourth-order valence-electron chi connectivity index (χ4n) is 1.99. The molecule has 1 N–H and O–H groups in total. The molecular formula is C15H11BrClFO2. The Labute approximate surface area is 129 Å². The van der Waals surface area contributed by atoms with Gasteiger partial charge in [-0.2, -0.15) is 0 Å². The van der Waals surface area contributed by atoms with Gasteiger partial charge in [-0.1, -0.05) is 39.7 Å². The molecule has 1 atom stereocenters. The van der Waals surface area contributed by atoms with Gasteiger partial charge in [0.25, 0.3) is 0 Å². The molecule has 2 nitrogen and oxygen atoms in total. The number of carboxylic acids is 1. The average molecular weight is 358 g/mol. The molecule has 0 aliphatic rings. The highest BCUT2D eigenvalue weighted by Crippen LogP contribution is 2.27. The first kappa shape index (κ1) is 15.0. The van der Waals surface area contributed by atoms with Crippen molar-refractivity contribution in [2.75, 3.05) is 0 Å². The Hall–Kier alpha value is -1.39. The zero-order valence-electron chi connectivity index (χ0n) is 10.3. The van der Waals surface area contributed by atoms with E-state index in [9.17, 15) is 14.3 Å². The molecule has 0 bridgehead atoms. The van der Waals surface area contributed by atoms with Gasteiger partial charge < -0.3 is 5.11 Å². The molecule has 1 unspecified atom stereocenters. The van der Waals surface area contributed by atoms with Crippen molar-refractivity contribution in [2.45, 2.75) is 12.3 Å². The highest BCUT2D eigenvalue weighted by Gasteiger charge is 2.22. The van der Waals surface area contributed by atoms with E-state index in [1.807, 2.05) is 6.07 Å². The molecule has 2 aromatic carbocycles. The van der Waals surface area contributed by atoms with E-state index in [1.165, 1.54) is 18.2 Å². The van der Waals surface area contributed by atoms with Crippen LogP contribution in [-0.2, 0) is 11.2 Å². The monoisotopic (exact) mass is 356 g/mol. The first-order valence-corrected chi connectivity index (χ1v) is 7.06. The van der Waals surface area contributed by atoms with Gasteiger partial charge >= 0.3 is 5.97 Å². The van der Waals surface area contributed by atoms with Crippen LogP contribution in [0.25, 0.3) is 0 Å². The van der Waals surface area contributed by atoms with Crippen molar-refractivity contribution in [1.29, 1.82) is 0 Å². The molecule has 0 aliphatic carbocycles. The highest BCUT2D eigenvalue weighted by molar-refractivity contribution is 9.10. The van der Waals surface area contributed by atoms with Crippen molar-refractivity contribution in [3.8, 4) is 0 Å². The van der Waals surface area contributed by atoms with Gasteiger partial charge in [-0.25, -0.2) is 4.39 Å². The van der Waals surface area contributed by atoms with Gasteiger partial charge in [0.2, 0.25) is 0 Å². The van der Waals surface area contributed by atoms with E-state index in [4.69, 9.17) is 11.6 Å². The number of carbonyl (C=O) groups is 1. The summed E-state index contributed by atoms with van der Waals surface area (Å²) in [6.45, 7) is 0. The van der Waals surface area contributed by atoms with Crippen molar-refractivity contribution in [3.05, 3.63) is 68.9 Å². The largest absolute Gasteiger partial charge is 0.481 e.